The molecule has 1 heterocycles. The van der Waals surface area contributed by atoms with E-state index in [1.807, 2.05) is 0 Å². The zero-order chi connectivity index (χ0) is 11.1. The topological polar surface area (TPSA) is 24.5 Å². The Labute approximate surface area is 94.2 Å². The molecule has 0 aliphatic carbocycles. The summed E-state index contributed by atoms with van der Waals surface area (Å²) in [5.41, 5.74) is 0. The molecule has 1 N–H and O–H groups in total. The van der Waals surface area contributed by atoms with Crippen molar-refractivity contribution in [2.24, 2.45) is 0 Å². The molecule has 3 nitrogen and oxygen atoms in total. The van der Waals surface area contributed by atoms with E-state index >= 15 is 0 Å². The van der Waals surface area contributed by atoms with Crippen molar-refractivity contribution in [3.05, 3.63) is 0 Å². The molecule has 0 bridgehead atoms. The van der Waals surface area contributed by atoms with Crippen LogP contribution in [0.5, 0.6) is 0 Å². The third-order valence-corrected chi connectivity index (χ3v) is 3.02. The van der Waals surface area contributed by atoms with Crippen LogP contribution in [0.15, 0.2) is 0 Å². The van der Waals surface area contributed by atoms with Crippen molar-refractivity contribution in [2.75, 3.05) is 32.8 Å². The predicted octanol–water partition coefficient (Wildman–Crippen LogP) is 1.49. The summed E-state index contributed by atoms with van der Waals surface area (Å²) in [5, 5.41) is 3.45. The molecule has 0 amide bonds. The van der Waals surface area contributed by atoms with E-state index in [4.69, 9.17) is 4.74 Å². The second-order valence-corrected chi connectivity index (χ2v) is 4.45. The van der Waals surface area contributed by atoms with Gasteiger partial charge >= 0.3 is 0 Å². The number of nitrogens with one attached hydrogen (secondary N) is 1. The van der Waals surface area contributed by atoms with Gasteiger partial charge < -0.3 is 10.1 Å². The molecule has 0 aromatic rings. The number of likely N-dealkylation sites (N-methyl/N-ethyl adjacent to an activating group) is 2. The summed E-state index contributed by atoms with van der Waals surface area (Å²) >= 11 is 0. The largest absolute Gasteiger partial charge is 0.377 e. The van der Waals surface area contributed by atoms with Gasteiger partial charge in [0.1, 0.15) is 0 Å². The van der Waals surface area contributed by atoms with Gasteiger partial charge in [-0.25, -0.2) is 0 Å². The lowest BCUT2D eigenvalue weighted by Gasteiger charge is -2.26. The van der Waals surface area contributed by atoms with Crippen molar-refractivity contribution in [2.45, 2.75) is 45.8 Å². The third-order valence-electron chi connectivity index (χ3n) is 3.02. The molecule has 0 radical (unpaired) electrons. The van der Waals surface area contributed by atoms with Crippen LogP contribution in [0, 0.1) is 0 Å². The maximum atomic E-state index is 5.66. The molecule has 1 aliphatic heterocycles. The van der Waals surface area contributed by atoms with Crippen LogP contribution in [0.2, 0.25) is 0 Å². The molecular weight excluding hydrogens is 188 g/mol. The highest BCUT2D eigenvalue weighted by Crippen LogP contribution is 2.13. The van der Waals surface area contributed by atoms with Crippen molar-refractivity contribution < 1.29 is 4.74 Å². The summed E-state index contributed by atoms with van der Waals surface area (Å²) < 4.78 is 5.66. The van der Waals surface area contributed by atoms with Gasteiger partial charge in [-0.3, -0.25) is 4.90 Å². The summed E-state index contributed by atoms with van der Waals surface area (Å²) in [5.74, 6) is 0. The minimum absolute atomic E-state index is 0.485. The first-order valence-corrected chi connectivity index (χ1v) is 6.33. The van der Waals surface area contributed by atoms with E-state index in [0.29, 0.717) is 12.1 Å². The van der Waals surface area contributed by atoms with Crippen LogP contribution in [-0.2, 0) is 4.74 Å². The summed E-state index contributed by atoms with van der Waals surface area (Å²) in [6.45, 7) is 12.0. The minimum Gasteiger partial charge on any atom is -0.377 e. The number of rotatable bonds is 7. The summed E-state index contributed by atoms with van der Waals surface area (Å²) in [4.78, 5) is 2.49. The first-order chi connectivity index (χ1) is 7.26. The van der Waals surface area contributed by atoms with Crippen LogP contribution < -0.4 is 5.32 Å². The van der Waals surface area contributed by atoms with Gasteiger partial charge in [-0.15, -0.1) is 0 Å². The second kappa shape index (κ2) is 7.20. The van der Waals surface area contributed by atoms with E-state index in [-0.39, 0.29) is 0 Å². The van der Waals surface area contributed by atoms with Crippen LogP contribution in [0.3, 0.4) is 0 Å². The lowest BCUT2D eigenvalue weighted by atomic mass is 10.2. The maximum absolute atomic E-state index is 5.66. The Balaban J connectivity index is 2.21. The molecule has 15 heavy (non-hydrogen) atoms. The molecule has 0 aromatic heterocycles. The highest BCUT2D eigenvalue weighted by molar-refractivity contribution is 4.73. The second-order valence-electron chi connectivity index (χ2n) is 4.45. The Bertz CT molecular complexity index is 158. The Morgan fingerprint density at radius 1 is 1.47 bits per heavy atom. The zero-order valence-electron chi connectivity index (χ0n) is 10.5. The van der Waals surface area contributed by atoms with Crippen LogP contribution in [0.1, 0.15) is 33.6 Å². The molecule has 0 spiro atoms. The average Bonchev–Trinajstić information content (AvgIpc) is 2.70. The fourth-order valence-corrected chi connectivity index (χ4v) is 2.21. The fraction of sp³-hybridized carbons (Fsp3) is 1.00. The molecule has 90 valence electrons. The van der Waals surface area contributed by atoms with Gasteiger partial charge in [0.25, 0.3) is 0 Å². The van der Waals surface area contributed by atoms with E-state index in [9.17, 15) is 0 Å². The molecule has 1 fully saturated rings. The first-order valence-electron chi connectivity index (χ1n) is 6.33. The van der Waals surface area contributed by atoms with E-state index in [0.717, 1.165) is 32.8 Å². The van der Waals surface area contributed by atoms with Gasteiger partial charge in [0.15, 0.2) is 0 Å². The standard InChI is InChI=1S/C12H26N2O/c1-4-13-11(3)9-14(5-2)10-12-7-6-8-15-12/h11-13H,4-10H2,1-3H3. The Morgan fingerprint density at radius 2 is 2.27 bits per heavy atom. The van der Waals surface area contributed by atoms with Gasteiger partial charge in [-0.05, 0) is 32.9 Å². The van der Waals surface area contributed by atoms with Gasteiger partial charge in [0, 0.05) is 25.7 Å². The van der Waals surface area contributed by atoms with Gasteiger partial charge in [0.2, 0.25) is 0 Å². The van der Waals surface area contributed by atoms with Gasteiger partial charge in [-0.2, -0.15) is 0 Å². The van der Waals surface area contributed by atoms with E-state index in [1.54, 1.807) is 0 Å². The molecule has 2 unspecified atom stereocenters. The molecule has 2 atom stereocenters. The molecule has 3 heteroatoms. The summed E-state index contributed by atoms with van der Waals surface area (Å²) in [6, 6.07) is 0.580. The molecule has 0 aromatic carbocycles. The van der Waals surface area contributed by atoms with Crippen molar-refractivity contribution in [1.82, 2.24) is 10.2 Å². The molecule has 1 aliphatic rings. The highest BCUT2D eigenvalue weighted by atomic mass is 16.5. The van der Waals surface area contributed by atoms with Gasteiger partial charge in [-0.1, -0.05) is 13.8 Å². The number of nitrogens with zero attached hydrogens (tertiary/aromatic N) is 1. The Kier molecular flexibility index (Phi) is 6.22. The Morgan fingerprint density at radius 3 is 2.80 bits per heavy atom. The van der Waals surface area contributed by atoms with Crippen molar-refractivity contribution in [3.8, 4) is 0 Å². The lowest BCUT2D eigenvalue weighted by molar-refractivity contribution is 0.0723. The first kappa shape index (κ1) is 12.9. The quantitative estimate of drug-likeness (QED) is 0.695. The smallest absolute Gasteiger partial charge is 0.0702 e. The number of hydrogen-bond acceptors (Lipinski definition) is 3. The summed E-state index contributed by atoms with van der Waals surface area (Å²) in [7, 11) is 0. The third kappa shape index (κ3) is 4.96. The molecule has 1 rings (SSSR count). The normalized spacial score (nSPS) is 23.6. The molecule has 0 saturated carbocycles. The van der Waals surface area contributed by atoms with E-state index < -0.39 is 0 Å². The van der Waals surface area contributed by atoms with Crippen molar-refractivity contribution >= 4 is 0 Å². The van der Waals surface area contributed by atoms with Gasteiger partial charge in [0.05, 0.1) is 6.10 Å². The van der Waals surface area contributed by atoms with Crippen LogP contribution in [-0.4, -0.2) is 49.8 Å². The highest BCUT2D eigenvalue weighted by Gasteiger charge is 2.19. The average molecular weight is 214 g/mol. The van der Waals surface area contributed by atoms with Crippen molar-refractivity contribution in [3.63, 3.8) is 0 Å². The minimum atomic E-state index is 0.485. The predicted molar refractivity (Wildman–Crippen MR) is 64.2 cm³/mol. The molecular formula is C12H26N2O. The molecule has 1 saturated heterocycles. The lowest BCUT2D eigenvalue weighted by Crippen LogP contribution is -2.42. The maximum Gasteiger partial charge on any atom is 0.0702 e. The van der Waals surface area contributed by atoms with E-state index in [2.05, 4.69) is 31.0 Å². The fourth-order valence-electron chi connectivity index (χ4n) is 2.21. The van der Waals surface area contributed by atoms with E-state index in [1.165, 1.54) is 12.8 Å². The van der Waals surface area contributed by atoms with Crippen LogP contribution >= 0.6 is 0 Å². The van der Waals surface area contributed by atoms with Crippen LogP contribution in [0.25, 0.3) is 0 Å². The van der Waals surface area contributed by atoms with Crippen LogP contribution in [0.4, 0.5) is 0 Å². The monoisotopic (exact) mass is 214 g/mol. The zero-order valence-corrected chi connectivity index (χ0v) is 10.5. The Hall–Kier alpha value is -0.120. The SMILES string of the molecule is CCNC(C)CN(CC)CC1CCCO1. The number of hydrogen-bond donors (Lipinski definition) is 1. The summed E-state index contributed by atoms with van der Waals surface area (Å²) in [6.07, 6.45) is 2.97. The van der Waals surface area contributed by atoms with Crippen molar-refractivity contribution in [1.29, 1.82) is 0 Å². The number of ether oxygens (including phenoxy) is 1.